The number of alkyl halides is 1. The maximum atomic E-state index is 10.6. The van der Waals surface area contributed by atoms with Crippen LogP contribution in [0.5, 0.6) is 0 Å². The number of carboxylic acids is 1. The van der Waals surface area contributed by atoms with Crippen LogP contribution in [-0.4, -0.2) is 26.6 Å². The Balaban J connectivity index is 2.95. The van der Waals surface area contributed by atoms with Crippen LogP contribution in [0.15, 0.2) is 18.2 Å². The van der Waals surface area contributed by atoms with Crippen molar-refractivity contribution in [3.63, 3.8) is 0 Å². The first-order valence-electron chi connectivity index (χ1n) is 5.29. The van der Waals surface area contributed by atoms with Crippen LogP contribution in [-0.2, 0) is 17.8 Å². The summed E-state index contributed by atoms with van der Waals surface area (Å²) in [6.07, 6.45) is 0.212. The van der Waals surface area contributed by atoms with Gasteiger partial charge in [0.25, 0.3) is 0 Å². The number of hydrogen-bond acceptors (Lipinski definition) is 3. The maximum absolute atomic E-state index is 10.6. The lowest BCUT2D eigenvalue weighted by atomic mass is 9.98. The van der Waals surface area contributed by atoms with Gasteiger partial charge in [0, 0.05) is 5.33 Å². The zero-order valence-electron chi connectivity index (χ0n) is 9.27. The maximum Gasteiger partial charge on any atom is 0.337 e. The zero-order chi connectivity index (χ0) is 12.8. The third kappa shape index (κ3) is 3.80. The number of carboxylic acid groups (broad SMARTS) is 1. The summed E-state index contributed by atoms with van der Waals surface area (Å²) in [7, 11) is 0. The quantitative estimate of drug-likeness (QED) is 0.698. The summed E-state index contributed by atoms with van der Waals surface area (Å²) in [6, 6.07) is 4.89. The molecule has 0 bridgehead atoms. The molecular weight excluding hydrogens is 288 g/mol. The highest BCUT2D eigenvalue weighted by atomic mass is 79.9. The van der Waals surface area contributed by atoms with Crippen LogP contribution in [0.1, 0.15) is 29.2 Å². The van der Waals surface area contributed by atoms with E-state index >= 15 is 0 Å². The summed E-state index contributed by atoms with van der Waals surface area (Å²) in [4.78, 5) is 10.6. The molecule has 0 spiro atoms. The van der Waals surface area contributed by atoms with Crippen molar-refractivity contribution < 1.29 is 20.1 Å². The highest BCUT2D eigenvalue weighted by Gasteiger charge is 2.16. The second kappa shape index (κ2) is 6.74. The number of aliphatic hydroxyl groups excluding tert-OH is 2. The first-order valence-corrected chi connectivity index (χ1v) is 6.41. The molecule has 1 atom stereocenters. The summed E-state index contributed by atoms with van der Waals surface area (Å²) in [5.41, 5.74) is 1.95. The topological polar surface area (TPSA) is 77.8 Å². The normalized spacial score (nSPS) is 12.4. The molecule has 17 heavy (non-hydrogen) atoms. The average molecular weight is 303 g/mol. The minimum Gasteiger partial charge on any atom is -0.479 e. The SMILES string of the molecule is O=C(O)C(O)c1ccc(CCCBr)c(CO)c1. The van der Waals surface area contributed by atoms with E-state index in [2.05, 4.69) is 15.9 Å². The summed E-state index contributed by atoms with van der Waals surface area (Å²) in [5.74, 6) is -1.29. The smallest absolute Gasteiger partial charge is 0.337 e. The lowest BCUT2D eigenvalue weighted by Crippen LogP contribution is -2.11. The van der Waals surface area contributed by atoms with Gasteiger partial charge in [0.05, 0.1) is 6.61 Å². The molecule has 94 valence electrons. The average Bonchev–Trinajstić information content (AvgIpc) is 2.35. The molecule has 1 aromatic rings. The van der Waals surface area contributed by atoms with E-state index in [0.717, 1.165) is 23.7 Å². The number of halogens is 1. The van der Waals surface area contributed by atoms with Crippen molar-refractivity contribution in [3.8, 4) is 0 Å². The Morgan fingerprint density at radius 3 is 2.59 bits per heavy atom. The fourth-order valence-electron chi connectivity index (χ4n) is 1.61. The summed E-state index contributed by atoms with van der Waals surface area (Å²) < 4.78 is 0. The van der Waals surface area contributed by atoms with Crippen LogP contribution in [0.2, 0.25) is 0 Å². The van der Waals surface area contributed by atoms with E-state index in [1.807, 2.05) is 0 Å². The van der Waals surface area contributed by atoms with Crippen molar-refractivity contribution in [2.45, 2.75) is 25.6 Å². The van der Waals surface area contributed by atoms with E-state index < -0.39 is 12.1 Å². The highest BCUT2D eigenvalue weighted by Crippen LogP contribution is 2.19. The third-order valence-electron chi connectivity index (χ3n) is 2.53. The molecule has 0 fully saturated rings. The zero-order valence-corrected chi connectivity index (χ0v) is 10.9. The van der Waals surface area contributed by atoms with Crippen LogP contribution in [0.3, 0.4) is 0 Å². The van der Waals surface area contributed by atoms with Crippen LogP contribution in [0, 0.1) is 0 Å². The third-order valence-corrected chi connectivity index (χ3v) is 3.09. The van der Waals surface area contributed by atoms with E-state index in [1.54, 1.807) is 18.2 Å². The Kier molecular flexibility index (Phi) is 5.61. The number of carbonyl (C=O) groups is 1. The summed E-state index contributed by atoms with van der Waals surface area (Å²) >= 11 is 3.33. The number of benzene rings is 1. The monoisotopic (exact) mass is 302 g/mol. The molecule has 1 aromatic carbocycles. The molecule has 1 rings (SSSR count). The lowest BCUT2D eigenvalue weighted by molar-refractivity contribution is -0.146. The van der Waals surface area contributed by atoms with Gasteiger partial charge in [-0.2, -0.15) is 0 Å². The van der Waals surface area contributed by atoms with E-state index in [0.29, 0.717) is 11.1 Å². The second-order valence-corrected chi connectivity index (χ2v) is 4.51. The lowest BCUT2D eigenvalue weighted by Gasteiger charge is -2.11. The van der Waals surface area contributed by atoms with Gasteiger partial charge in [0.15, 0.2) is 6.10 Å². The van der Waals surface area contributed by atoms with Gasteiger partial charge in [-0.05, 0) is 29.5 Å². The fourth-order valence-corrected chi connectivity index (χ4v) is 1.89. The number of hydrogen-bond donors (Lipinski definition) is 3. The first kappa shape index (κ1) is 14.2. The van der Waals surface area contributed by atoms with Gasteiger partial charge in [0.1, 0.15) is 0 Å². The number of aliphatic hydroxyl groups is 2. The van der Waals surface area contributed by atoms with Gasteiger partial charge in [-0.3, -0.25) is 0 Å². The van der Waals surface area contributed by atoms with Crippen molar-refractivity contribution in [1.82, 2.24) is 0 Å². The largest absolute Gasteiger partial charge is 0.479 e. The van der Waals surface area contributed by atoms with Gasteiger partial charge >= 0.3 is 5.97 Å². The van der Waals surface area contributed by atoms with Crippen molar-refractivity contribution >= 4 is 21.9 Å². The Hall–Kier alpha value is -0.910. The highest BCUT2D eigenvalue weighted by molar-refractivity contribution is 9.09. The van der Waals surface area contributed by atoms with Crippen molar-refractivity contribution in [1.29, 1.82) is 0 Å². The van der Waals surface area contributed by atoms with Gasteiger partial charge in [-0.1, -0.05) is 34.1 Å². The van der Waals surface area contributed by atoms with Crippen LogP contribution < -0.4 is 0 Å². The Labute approximate surface area is 108 Å². The molecule has 0 radical (unpaired) electrons. The van der Waals surface area contributed by atoms with E-state index in [1.165, 1.54) is 0 Å². The molecule has 4 nitrogen and oxygen atoms in total. The van der Waals surface area contributed by atoms with Gasteiger partial charge in [-0.25, -0.2) is 4.79 Å². The van der Waals surface area contributed by atoms with Gasteiger partial charge in [-0.15, -0.1) is 0 Å². The Bertz CT molecular complexity index is 392. The molecule has 0 aromatic heterocycles. The standard InChI is InChI=1S/C12H15BrO4/c13-5-1-2-8-3-4-9(6-10(8)7-14)11(15)12(16)17/h3-4,6,11,14-15H,1-2,5,7H2,(H,16,17). The second-order valence-electron chi connectivity index (χ2n) is 3.72. The predicted molar refractivity (Wildman–Crippen MR) is 67.1 cm³/mol. The molecule has 0 saturated carbocycles. The van der Waals surface area contributed by atoms with Crippen molar-refractivity contribution in [2.75, 3.05) is 5.33 Å². The predicted octanol–water partition coefficient (Wildman–Crippen LogP) is 1.62. The fraction of sp³-hybridized carbons (Fsp3) is 0.417. The van der Waals surface area contributed by atoms with Gasteiger partial charge < -0.3 is 15.3 Å². The molecule has 5 heteroatoms. The summed E-state index contributed by atoms with van der Waals surface area (Å²) in [6.45, 7) is -0.155. The Morgan fingerprint density at radius 2 is 2.06 bits per heavy atom. The molecule has 0 aliphatic heterocycles. The van der Waals surface area contributed by atoms with Crippen LogP contribution in [0.25, 0.3) is 0 Å². The van der Waals surface area contributed by atoms with Crippen molar-refractivity contribution in [2.24, 2.45) is 0 Å². The minimum atomic E-state index is -1.54. The number of aliphatic carboxylic acids is 1. The van der Waals surface area contributed by atoms with Crippen LogP contribution >= 0.6 is 15.9 Å². The first-order chi connectivity index (χ1) is 8.10. The summed E-state index contributed by atoms with van der Waals surface area (Å²) in [5, 5.41) is 28.2. The Morgan fingerprint density at radius 1 is 1.35 bits per heavy atom. The molecule has 0 heterocycles. The molecule has 1 unspecified atom stereocenters. The molecule has 0 aliphatic rings. The molecule has 0 amide bonds. The molecular formula is C12H15BrO4. The minimum absolute atomic E-state index is 0.155. The molecule has 0 aliphatic carbocycles. The molecule has 3 N–H and O–H groups in total. The van der Waals surface area contributed by atoms with E-state index in [9.17, 15) is 15.0 Å². The van der Waals surface area contributed by atoms with Gasteiger partial charge in [0.2, 0.25) is 0 Å². The molecule has 0 saturated heterocycles. The van der Waals surface area contributed by atoms with Crippen molar-refractivity contribution in [3.05, 3.63) is 34.9 Å². The van der Waals surface area contributed by atoms with E-state index in [-0.39, 0.29) is 6.61 Å². The number of rotatable bonds is 6. The number of aryl methyl sites for hydroxylation is 1. The van der Waals surface area contributed by atoms with E-state index in [4.69, 9.17) is 5.11 Å². The van der Waals surface area contributed by atoms with Crippen LogP contribution in [0.4, 0.5) is 0 Å².